The molecule has 0 radical (unpaired) electrons. The van der Waals surface area contributed by atoms with Gasteiger partial charge in [-0.3, -0.25) is 9.59 Å². The Morgan fingerprint density at radius 2 is 2.04 bits per heavy atom. The normalized spacial score (nSPS) is 11.0. The van der Waals surface area contributed by atoms with Crippen molar-refractivity contribution in [3.63, 3.8) is 0 Å². The Kier molecular flexibility index (Phi) is 4.92. The highest BCUT2D eigenvalue weighted by Gasteiger charge is 2.12. The van der Waals surface area contributed by atoms with Gasteiger partial charge in [0.15, 0.2) is 0 Å². The van der Waals surface area contributed by atoms with Crippen LogP contribution >= 0.6 is 0 Å². The Morgan fingerprint density at radius 3 is 2.81 bits per heavy atom. The predicted molar refractivity (Wildman–Crippen MR) is 98.9 cm³/mol. The number of rotatable bonds is 5. The number of aromatic nitrogens is 4. The Labute approximate surface area is 150 Å². The zero-order valence-electron chi connectivity index (χ0n) is 14.6. The molecule has 0 saturated carbocycles. The molecule has 3 rings (SSSR count). The second-order valence-corrected chi connectivity index (χ2v) is 6.21. The Balaban J connectivity index is 1.69. The lowest BCUT2D eigenvalue weighted by Crippen LogP contribution is -2.32. The van der Waals surface area contributed by atoms with Gasteiger partial charge in [0.05, 0.1) is 18.1 Å². The van der Waals surface area contributed by atoms with Gasteiger partial charge in [-0.1, -0.05) is 32.0 Å². The van der Waals surface area contributed by atoms with E-state index >= 15 is 0 Å². The van der Waals surface area contributed by atoms with E-state index in [2.05, 4.69) is 20.4 Å². The van der Waals surface area contributed by atoms with Crippen LogP contribution in [0.3, 0.4) is 0 Å². The lowest BCUT2D eigenvalue weighted by molar-refractivity contribution is 0.0946. The maximum Gasteiger partial charge on any atom is 0.274 e. The molecule has 2 heterocycles. The fraction of sp³-hybridized carbons (Fsp3) is 0.278. The number of carbonyl (C=O) groups is 1. The third-order valence-corrected chi connectivity index (χ3v) is 3.96. The van der Waals surface area contributed by atoms with Crippen molar-refractivity contribution in [3.05, 3.63) is 58.3 Å². The van der Waals surface area contributed by atoms with Crippen molar-refractivity contribution < 1.29 is 4.79 Å². The highest BCUT2D eigenvalue weighted by molar-refractivity contribution is 5.92. The fourth-order valence-electron chi connectivity index (χ4n) is 2.55. The van der Waals surface area contributed by atoms with Crippen LogP contribution in [0, 0.1) is 0 Å². The molecule has 0 unspecified atom stereocenters. The standard InChI is InChI=1S/C18H20N6O2/c1-11(2)14-9-15(23-18(19)22-14)16(25)20-7-8-24-17(26)13-6-4-3-5-12(13)10-21-24/h3-6,9-11H,7-8H2,1-2H3,(H,20,25)(H2,19,22,23). The average molecular weight is 352 g/mol. The monoisotopic (exact) mass is 352 g/mol. The minimum atomic E-state index is -0.366. The maximum atomic E-state index is 12.4. The molecule has 1 aromatic carbocycles. The molecule has 0 saturated heterocycles. The molecule has 134 valence electrons. The van der Waals surface area contributed by atoms with E-state index in [4.69, 9.17) is 5.73 Å². The van der Waals surface area contributed by atoms with Gasteiger partial charge < -0.3 is 11.1 Å². The molecule has 0 fully saturated rings. The lowest BCUT2D eigenvalue weighted by atomic mass is 10.1. The van der Waals surface area contributed by atoms with Crippen LogP contribution in [0.5, 0.6) is 0 Å². The molecule has 26 heavy (non-hydrogen) atoms. The van der Waals surface area contributed by atoms with Gasteiger partial charge in [-0.15, -0.1) is 0 Å². The van der Waals surface area contributed by atoms with Gasteiger partial charge in [-0.2, -0.15) is 5.10 Å². The number of nitrogens with two attached hydrogens (primary N) is 1. The molecule has 0 aliphatic carbocycles. The van der Waals surface area contributed by atoms with E-state index in [9.17, 15) is 9.59 Å². The largest absolute Gasteiger partial charge is 0.368 e. The molecule has 0 bridgehead atoms. The molecule has 0 aliphatic heterocycles. The van der Waals surface area contributed by atoms with Crippen molar-refractivity contribution in [1.82, 2.24) is 25.1 Å². The van der Waals surface area contributed by atoms with E-state index in [0.717, 1.165) is 5.39 Å². The van der Waals surface area contributed by atoms with E-state index in [0.29, 0.717) is 11.1 Å². The number of benzene rings is 1. The maximum absolute atomic E-state index is 12.4. The summed E-state index contributed by atoms with van der Waals surface area (Å²) in [6.07, 6.45) is 1.64. The van der Waals surface area contributed by atoms with E-state index in [1.807, 2.05) is 32.0 Å². The van der Waals surface area contributed by atoms with Gasteiger partial charge in [0.25, 0.3) is 11.5 Å². The molecule has 3 N–H and O–H groups in total. The topological polar surface area (TPSA) is 116 Å². The number of hydrogen-bond donors (Lipinski definition) is 2. The molecule has 2 aromatic heterocycles. The molecule has 1 amide bonds. The van der Waals surface area contributed by atoms with Gasteiger partial charge in [-0.25, -0.2) is 14.6 Å². The minimum Gasteiger partial charge on any atom is -0.368 e. The summed E-state index contributed by atoms with van der Waals surface area (Å²) in [5.74, 6) is -0.171. The molecular formula is C18H20N6O2. The smallest absolute Gasteiger partial charge is 0.274 e. The highest BCUT2D eigenvalue weighted by Crippen LogP contribution is 2.13. The summed E-state index contributed by atoms with van der Waals surface area (Å²) in [7, 11) is 0. The van der Waals surface area contributed by atoms with Crippen LogP contribution in [0.2, 0.25) is 0 Å². The first-order valence-electron chi connectivity index (χ1n) is 8.33. The van der Waals surface area contributed by atoms with Crippen molar-refractivity contribution in [2.24, 2.45) is 0 Å². The van der Waals surface area contributed by atoms with Crippen LogP contribution in [0.15, 0.2) is 41.3 Å². The van der Waals surface area contributed by atoms with Crippen LogP contribution in [0.4, 0.5) is 5.95 Å². The molecule has 8 heteroatoms. The first-order chi connectivity index (χ1) is 12.5. The van der Waals surface area contributed by atoms with Gasteiger partial charge in [0, 0.05) is 17.6 Å². The summed E-state index contributed by atoms with van der Waals surface area (Å²) in [6, 6.07) is 8.87. The third-order valence-electron chi connectivity index (χ3n) is 3.96. The molecule has 3 aromatic rings. The zero-order valence-corrected chi connectivity index (χ0v) is 14.6. The van der Waals surface area contributed by atoms with Gasteiger partial charge in [-0.05, 0) is 18.1 Å². The number of nitrogens with one attached hydrogen (secondary N) is 1. The first kappa shape index (κ1) is 17.5. The number of carbonyl (C=O) groups excluding carboxylic acids is 1. The van der Waals surface area contributed by atoms with E-state index < -0.39 is 0 Å². The van der Waals surface area contributed by atoms with Gasteiger partial charge in [0.1, 0.15) is 5.69 Å². The average Bonchev–Trinajstić information content (AvgIpc) is 2.63. The van der Waals surface area contributed by atoms with Crippen LogP contribution < -0.4 is 16.6 Å². The quantitative estimate of drug-likeness (QED) is 0.715. The number of amides is 1. The molecule has 0 spiro atoms. The Hall–Kier alpha value is -3.29. The number of hydrogen-bond acceptors (Lipinski definition) is 6. The van der Waals surface area contributed by atoms with E-state index in [1.54, 1.807) is 18.3 Å². The molecular weight excluding hydrogens is 332 g/mol. The van der Waals surface area contributed by atoms with Crippen molar-refractivity contribution in [1.29, 1.82) is 0 Å². The fourth-order valence-corrected chi connectivity index (χ4v) is 2.55. The number of nitrogens with zero attached hydrogens (tertiary/aromatic N) is 4. The molecule has 0 aliphatic rings. The van der Waals surface area contributed by atoms with Crippen molar-refractivity contribution >= 4 is 22.6 Å². The number of nitrogen functional groups attached to an aromatic ring is 1. The molecule has 0 atom stereocenters. The van der Waals surface area contributed by atoms with Crippen molar-refractivity contribution in [2.45, 2.75) is 26.3 Å². The van der Waals surface area contributed by atoms with Crippen LogP contribution in [0.25, 0.3) is 10.8 Å². The first-order valence-corrected chi connectivity index (χ1v) is 8.33. The summed E-state index contributed by atoms with van der Waals surface area (Å²) in [5, 5.41) is 8.25. The predicted octanol–water partition coefficient (Wildman–Crippen LogP) is 1.32. The lowest BCUT2D eigenvalue weighted by Gasteiger charge is -2.10. The molecule has 8 nitrogen and oxygen atoms in total. The summed E-state index contributed by atoms with van der Waals surface area (Å²) in [6.45, 7) is 4.42. The summed E-state index contributed by atoms with van der Waals surface area (Å²) < 4.78 is 1.33. The SMILES string of the molecule is CC(C)c1cc(C(=O)NCCn2ncc3ccccc3c2=O)nc(N)n1. The van der Waals surface area contributed by atoms with Crippen LogP contribution in [0.1, 0.15) is 35.9 Å². The Morgan fingerprint density at radius 1 is 1.27 bits per heavy atom. The summed E-state index contributed by atoms with van der Waals surface area (Å²) in [4.78, 5) is 32.8. The van der Waals surface area contributed by atoms with Gasteiger partial charge >= 0.3 is 0 Å². The zero-order chi connectivity index (χ0) is 18.7. The number of fused-ring (bicyclic) bond motifs is 1. The van der Waals surface area contributed by atoms with E-state index in [-0.39, 0.29) is 42.1 Å². The van der Waals surface area contributed by atoms with Crippen LogP contribution in [-0.2, 0) is 6.54 Å². The minimum absolute atomic E-state index is 0.0637. The Bertz CT molecular complexity index is 1010. The van der Waals surface area contributed by atoms with Crippen molar-refractivity contribution in [2.75, 3.05) is 12.3 Å². The van der Waals surface area contributed by atoms with Crippen LogP contribution in [-0.4, -0.2) is 32.2 Å². The highest BCUT2D eigenvalue weighted by atomic mass is 16.2. The van der Waals surface area contributed by atoms with Gasteiger partial charge in [0.2, 0.25) is 5.95 Å². The summed E-state index contributed by atoms with van der Waals surface area (Å²) >= 11 is 0. The summed E-state index contributed by atoms with van der Waals surface area (Å²) in [5.41, 5.74) is 6.39. The second-order valence-electron chi connectivity index (χ2n) is 6.21. The number of anilines is 1. The third kappa shape index (κ3) is 3.69. The van der Waals surface area contributed by atoms with E-state index in [1.165, 1.54) is 4.68 Å². The van der Waals surface area contributed by atoms with Crippen molar-refractivity contribution in [3.8, 4) is 0 Å². The second kappa shape index (κ2) is 7.30.